The van der Waals surface area contributed by atoms with Crippen molar-refractivity contribution < 1.29 is 23.0 Å². The Balaban J connectivity index is 1.07. The van der Waals surface area contributed by atoms with Gasteiger partial charge in [-0.15, -0.1) is 0 Å². The number of nitrogens with zero attached hydrogens (tertiary/aromatic N) is 4. The summed E-state index contributed by atoms with van der Waals surface area (Å²) in [6.07, 6.45) is 5.33. The standard InChI is InChI=1S/C61H52GeN4O/c1-61(2,3)46-34-35-63-59(38-46)66-55-33-30-45(44-22-15-23-47(36-44)62(4,5)6)37-54(55)53-32-31-50(40-58(53)66)67-49-25-16-24-48(39-49)64-41-65(57-29-14-13-28-56(57)64)60-51(42-18-9-7-10-19-42)26-17-27-52(60)43-20-11-8-12-21-43/h7-40H,1-6H3/i7D,8D,9D,10D,11D,12D,18D,19D,20D,21D. The van der Waals surface area contributed by atoms with Gasteiger partial charge in [0.1, 0.15) is 0 Å². The first-order valence-corrected chi connectivity index (χ1v) is 29.6. The number of ether oxygens (including phenoxy) is 1. The van der Waals surface area contributed by atoms with Crippen LogP contribution in [0.5, 0.6) is 11.5 Å². The van der Waals surface area contributed by atoms with Crippen LogP contribution >= 0.6 is 0 Å². The molecule has 0 atom stereocenters. The molecule has 0 aliphatic carbocycles. The first-order valence-electron chi connectivity index (χ1n) is 27.3. The maximum Gasteiger partial charge on any atom is 0.0811 e. The summed E-state index contributed by atoms with van der Waals surface area (Å²) in [4.78, 5) is 4.94. The molecule has 8 aromatic carbocycles. The molecule has 0 aliphatic rings. The zero-order valence-electron chi connectivity index (χ0n) is 48.1. The van der Waals surface area contributed by atoms with Gasteiger partial charge in [0.2, 0.25) is 0 Å². The Morgan fingerprint density at radius 3 is 2.00 bits per heavy atom. The van der Waals surface area contributed by atoms with Gasteiger partial charge < -0.3 is 0 Å². The molecule has 0 spiro atoms. The van der Waals surface area contributed by atoms with E-state index in [1.165, 1.54) is 9.96 Å². The van der Waals surface area contributed by atoms with Gasteiger partial charge in [0.05, 0.1) is 36.1 Å². The Kier molecular flexibility index (Phi) is 8.06. The van der Waals surface area contributed by atoms with E-state index < -0.39 is 73.7 Å². The molecule has 0 amide bonds. The minimum atomic E-state index is -2.12. The Morgan fingerprint density at radius 1 is 0.582 bits per heavy atom. The third-order valence-corrected chi connectivity index (χ3v) is 16.6. The third-order valence-electron chi connectivity index (χ3n) is 12.3. The molecular formula is C61H52GeN4O. The summed E-state index contributed by atoms with van der Waals surface area (Å²) in [7, 11) is 0. The fraction of sp³-hybridized carbons (Fsp3) is 0.115. The van der Waals surface area contributed by atoms with E-state index in [-0.39, 0.29) is 33.4 Å². The van der Waals surface area contributed by atoms with E-state index in [4.69, 9.17) is 23.4 Å². The summed E-state index contributed by atoms with van der Waals surface area (Å²) < 4.78 is 101. The topological polar surface area (TPSA) is 35.9 Å². The average molecular weight is 940 g/mol. The Morgan fingerprint density at radius 2 is 1.27 bits per heavy atom. The molecule has 0 bridgehead atoms. The summed E-state index contributed by atoms with van der Waals surface area (Å²) in [6.45, 7) is 6.58. The summed E-state index contributed by atoms with van der Waals surface area (Å²) in [6, 6.07) is 40.5. The molecule has 6 heteroatoms. The summed E-state index contributed by atoms with van der Waals surface area (Å²) in [5.41, 5.74) is 7.37. The van der Waals surface area contributed by atoms with Crippen molar-refractivity contribution in [2.24, 2.45) is 0 Å². The summed E-state index contributed by atoms with van der Waals surface area (Å²) in [5, 5.41) is 2.13. The molecule has 0 saturated heterocycles. The van der Waals surface area contributed by atoms with Crippen LogP contribution in [0.15, 0.2) is 206 Å². The van der Waals surface area contributed by atoms with Gasteiger partial charge in [-0.25, -0.2) is 0 Å². The van der Waals surface area contributed by atoms with Gasteiger partial charge in [0.15, 0.2) is 0 Å². The number of fused-ring (bicyclic) bond motifs is 4. The fourth-order valence-electron chi connectivity index (χ4n) is 8.86. The van der Waals surface area contributed by atoms with Gasteiger partial charge in [-0.3, -0.25) is 9.13 Å². The second kappa shape index (κ2) is 16.7. The molecular weight excluding hydrogens is 877 g/mol. The molecule has 3 heterocycles. The van der Waals surface area contributed by atoms with Crippen molar-refractivity contribution in [3.63, 3.8) is 0 Å². The van der Waals surface area contributed by atoms with E-state index in [1.54, 1.807) is 27.3 Å². The van der Waals surface area contributed by atoms with Crippen LogP contribution in [0.3, 0.4) is 0 Å². The molecule has 0 fully saturated rings. The number of pyridine rings is 1. The molecule has 67 heavy (non-hydrogen) atoms. The van der Waals surface area contributed by atoms with E-state index in [1.807, 2.05) is 66.9 Å². The van der Waals surface area contributed by atoms with Crippen molar-refractivity contribution in [2.75, 3.05) is 0 Å². The molecule has 0 unspecified atom stereocenters. The van der Waals surface area contributed by atoms with Crippen LogP contribution in [-0.4, -0.2) is 27.4 Å². The molecule has 11 rings (SSSR count). The van der Waals surface area contributed by atoms with Gasteiger partial charge in [0, 0.05) is 0 Å². The molecule has 0 saturated carbocycles. The summed E-state index contributed by atoms with van der Waals surface area (Å²) >= 11 is -2.12. The van der Waals surface area contributed by atoms with Crippen LogP contribution in [0.1, 0.15) is 40.0 Å². The molecule has 5 nitrogen and oxygen atoms in total. The molecule has 0 N–H and O–H groups in total. The van der Waals surface area contributed by atoms with Crippen LogP contribution in [0.4, 0.5) is 0 Å². The zero-order valence-corrected chi connectivity index (χ0v) is 40.2. The smallest absolute Gasteiger partial charge is 0.0666 e. The molecule has 3 aromatic heterocycles. The average Bonchev–Trinajstić information content (AvgIpc) is 4.13. The summed E-state index contributed by atoms with van der Waals surface area (Å²) in [5.74, 6) is 9.12. The van der Waals surface area contributed by atoms with E-state index in [9.17, 15) is 0 Å². The molecule has 0 aliphatic heterocycles. The number of hydrogen-bond donors (Lipinski definition) is 0. The van der Waals surface area contributed by atoms with Gasteiger partial charge in [-0.2, -0.15) is 0 Å². The Labute approximate surface area is 409 Å². The van der Waals surface area contributed by atoms with Crippen molar-refractivity contribution in [1.82, 2.24) is 14.1 Å². The second-order valence-corrected chi connectivity index (χ2v) is 29.4. The number of aromatic nitrogens is 4. The number of hydrogen-bond acceptors (Lipinski definition) is 2. The van der Waals surface area contributed by atoms with Gasteiger partial charge in [0.25, 0.3) is 6.33 Å². The Hall–Kier alpha value is -7.48. The maximum atomic E-state index is 9.06. The largest absolute Gasteiger partial charge is 0.0811 e. The van der Waals surface area contributed by atoms with Crippen LogP contribution in [0, 0.1) is 6.33 Å². The SMILES string of the molecule is [2H]c1c([2H])c([2H])c(-c2cccc(-c3c([2H])c([2H])c([2H])c([2H])c3[2H])c2-[n+]2[c-]n(-c3cccc(Oc4ccc5c6cc(-c7ccc[c]([Ge]([CH3])([CH3])[CH3])c7)ccc6n(-c6cc(C(C)(C)C)ccn6)c5c4)c3)c3ccccc32)c([2H])c1[2H]. The van der Waals surface area contributed by atoms with Crippen LogP contribution in [0.2, 0.25) is 17.3 Å². The number of imidazole rings is 1. The molecule has 0 radical (unpaired) electrons. The minimum absolute atomic E-state index is 0.118. The predicted octanol–water partition coefficient (Wildman–Crippen LogP) is 14.8. The van der Waals surface area contributed by atoms with Gasteiger partial charge >= 0.3 is 189 Å². The quantitative estimate of drug-likeness (QED) is 0.0821. The van der Waals surface area contributed by atoms with Crippen molar-refractivity contribution in [1.29, 1.82) is 0 Å². The van der Waals surface area contributed by atoms with Gasteiger partial charge in [-0.1, -0.05) is 130 Å². The van der Waals surface area contributed by atoms with E-state index >= 15 is 0 Å². The monoisotopic (exact) mass is 940 g/mol. The Bertz CT molecular complexity index is 4100. The first kappa shape index (κ1) is 32.2. The minimum Gasteiger partial charge on any atom is -0.0666 e. The molecule has 326 valence electrons. The van der Waals surface area contributed by atoms with Crippen molar-refractivity contribution in [3.8, 4) is 62.1 Å². The normalized spacial score (nSPS) is 14.1. The number of rotatable bonds is 9. The van der Waals surface area contributed by atoms with Crippen molar-refractivity contribution in [2.45, 2.75) is 43.5 Å². The fourth-order valence-corrected chi connectivity index (χ4v) is 11.3. The zero-order chi connectivity index (χ0) is 54.6. The first-order chi connectivity index (χ1) is 36.6. The van der Waals surface area contributed by atoms with Gasteiger partial charge in [-0.05, 0) is 40.5 Å². The van der Waals surface area contributed by atoms with Crippen LogP contribution in [-0.2, 0) is 5.41 Å². The van der Waals surface area contributed by atoms with E-state index in [0.29, 0.717) is 28.2 Å². The van der Waals surface area contributed by atoms with Crippen LogP contribution < -0.4 is 13.7 Å². The van der Waals surface area contributed by atoms with E-state index in [0.717, 1.165) is 38.8 Å². The van der Waals surface area contributed by atoms with E-state index in [2.05, 4.69) is 110 Å². The number of para-hydroxylation sites is 3. The maximum absolute atomic E-state index is 9.06. The predicted molar refractivity (Wildman–Crippen MR) is 280 cm³/mol. The van der Waals surface area contributed by atoms with Crippen LogP contribution in [0.25, 0.3) is 83.4 Å². The number of benzene rings is 8. The van der Waals surface area contributed by atoms with Crippen molar-refractivity contribution >= 4 is 50.5 Å². The second-order valence-electron chi connectivity index (χ2n) is 18.8. The third kappa shape index (κ3) is 7.93. The molecule has 11 aromatic rings. The van der Waals surface area contributed by atoms with Crippen molar-refractivity contribution in [3.05, 3.63) is 218 Å².